The third-order valence-corrected chi connectivity index (χ3v) is 4.14. The molecule has 0 saturated heterocycles. The van der Waals surface area contributed by atoms with Crippen molar-refractivity contribution in [1.82, 2.24) is 9.97 Å². The highest BCUT2D eigenvalue weighted by atomic mass is 19.4. The Balaban J connectivity index is 2.39. The van der Waals surface area contributed by atoms with Crippen LogP contribution in [0, 0.1) is 0 Å². The standard InChI is InChI=1S/C20H23F6N3O2/c1-3-5-8-11-30-16-10-7-6-9-15(16)29(4-2)18-27-12-14(20(24,25)26)17(28-18)31-13-19(21,22)23/h6-7,9-10,12H,3-5,8,11,13H2,1-2H3. The molecule has 0 amide bonds. The van der Waals surface area contributed by atoms with E-state index < -0.39 is 30.4 Å². The maximum atomic E-state index is 13.2. The Kier molecular flexibility index (Phi) is 8.35. The molecule has 5 nitrogen and oxygen atoms in total. The van der Waals surface area contributed by atoms with Crippen LogP contribution < -0.4 is 14.4 Å². The Morgan fingerprint density at radius 3 is 2.29 bits per heavy atom. The first-order chi connectivity index (χ1) is 14.6. The number of unbranched alkanes of at least 4 members (excludes halogenated alkanes) is 2. The summed E-state index contributed by atoms with van der Waals surface area (Å²) in [5.74, 6) is -0.964. The van der Waals surface area contributed by atoms with Crippen molar-refractivity contribution < 1.29 is 35.8 Å². The molecule has 2 rings (SSSR count). The number of hydrogen-bond acceptors (Lipinski definition) is 5. The molecular weight excluding hydrogens is 428 g/mol. The van der Waals surface area contributed by atoms with Crippen LogP contribution in [0.25, 0.3) is 0 Å². The van der Waals surface area contributed by atoms with E-state index in [-0.39, 0.29) is 12.5 Å². The average molecular weight is 451 g/mol. The second-order valence-electron chi connectivity index (χ2n) is 6.56. The molecule has 1 heterocycles. The normalized spacial score (nSPS) is 12.0. The lowest BCUT2D eigenvalue weighted by atomic mass is 10.2. The molecule has 0 spiro atoms. The van der Waals surface area contributed by atoms with Gasteiger partial charge >= 0.3 is 12.4 Å². The van der Waals surface area contributed by atoms with Crippen molar-refractivity contribution in [3.63, 3.8) is 0 Å². The lowest BCUT2D eigenvalue weighted by Gasteiger charge is -2.24. The molecule has 172 valence electrons. The zero-order valence-corrected chi connectivity index (χ0v) is 17.1. The predicted molar refractivity (Wildman–Crippen MR) is 103 cm³/mol. The Bertz CT molecular complexity index is 842. The molecule has 0 saturated carbocycles. The van der Waals surface area contributed by atoms with Crippen molar-refractivity contribution in [3.8, 4) is 11.6 Å². The minimum absolute atomic E-state index is 0.222. The van der Waals surface area contributed by atoms with Crippen LogP contribution in [0.5, 0.6) is 11.6 Å². The van der Waals surface area contributed by atoms with E-state index in [4.69, 9.17) is 4.74 Å². The SMILES string of the molecule is CCCCCOc1ccccc1N(CC)c1ncc(C(F)(F)F)c(OCC(F)(F)F)n1. The molecule has 0 bridgehead atoms. The second-order valence-corrected chi connectivity index (χ2v) is 6.56. The number of nitrogens with zero attached hydrogens (tertiary/aromatic N) is 3. The molecule has 0 N–H and O–H groups in total. The molecule has 11 heteroatoms. The number of ether oxygens (including phenoxy) is 2. The smallest absolute Gasteiger partial charge is 0.423 e. The van der Waals surface area contributed by atoms with Gasteiger partial charge in [0.05, 0.1) is 12.3 Å². The summed E-state index contributed by atoms with van der Waals surface area (Å²) in [5, 5.41) is 0. The maximum Gasteiger partial charge on any atom is 0.423 e. The van der Waals surface area contributed by atoms with Gasteiger partial charge in [-0.2, -0.15) is 31.3 Å². The fourth-order valence-corrected chi connectivity index (χ4v) is 2.70. The third-order valence-electron chi connectivity index (χ3n) is 4.14. The van der Waals surface area contributed by atoms with E-state index in [9.17, 15) is 26.3 Å². The molecule has 0 aliphatic carbocycles. The Labute approximate surface area is 176 Å². The van der Waals surface area contributed by atoms with Crippen LogP contribution in [0.1, 0.15) is 38.7 Å². The van der Waals surface area contributed by atoms with Crippen molar-refractivity contribution in [2.24, 2.45) is 0 Å². The molecule has 0 unspecified atom stereocenters. The molecule has 0 fully saturated rings. The van der Waals surface area contributed by atoms with Crippen molar-refractivity contribution in [3.05, 3.63) is 36.0 Å². The highest BCUT2D eigenvalue weighted by Gasteiger charge is 2.38. The minimum Gasteiger partial charge on any atom is -0.491 e. The quantitative estimate of drug-likeness (QED) is 0.320. The van der Waals surface area contributed by atoms with E-state index >= 15 is 0 Å². The fourth-order valence-electron chi connectivity index (χ4n) is 2.70. The average Bonchev–Trinajstić information content (AvgIpc) is 2.70. The number of benzene rings is 1. The number of para-hydroxylation sites is 2. The first-order valence-corrected chi connectivity index (χ1v) is 9.70. The maximum absolute atomic E-state index is 13.2. The Morgan fingerprint density at radius 2 is 1.68 bits per heavy atom. The van der Waals surface area contributed by atoms with Crippen molar-refractivity contribution in [2.75, 3.05) is 24.7 Å². The van der Waals surface area contributed by atoms with Gasteiger partial charge in [0.15, 0.2) is 6.61 Å². The number of hydrogen-bond donors (Lipinski definition) is 0. The van der Waals surface area contributed by atoms with Crippen LogP contribution in [0.15, 0.2) is 30.5 Å². The summed E-state index contributed by atoms with van der Waals surface area (Å²) >= 11 is 0. The first kappa shape index (κ1) is 24.5. The summed E-state index contributed by atoms with van der Waals surface area (Å²) in [6.07, 6.45) is -6.58. The summed E-state index contributed by atoms with van der Waals surface area (Å²) in [5.41, 5.74) is -1.01. The summed E-state index contributed by atoms with van der Waals surface area (Å²) in [7, 11) is 0. The van der Waals surface area contributed by atoms with Gasteiger partial charge in [-0.15, -0.1) is 0 Å². The molecule has 1 aromatic heterocycles. The van der Waals surface area contributed by atoms with Gasteiger partial charge in [-0.05, 0) is 25.5 Å². The van der Waals surface area contributed by atoms with Gasteiger partial charge in [0.1, 0.15) is 11.3 Å². The van der Waals surface area contributed by atoms with Gasteiger partial charge in [0, 0.05) is 12.7 Å². The Hall–Kier alpha value is -2.72. The molecule has 0 radical (unpaired) electrons. The van der Waals surface area contributed by atoms with Crippen LogP contribution >= 0.6 is 0 Å². The zero-order chi connectivity index (χ0) is 23.1. The second kappa shape index (κ2) is 10.5. The van der Waals surface area contributed by atoms with Gasteiger partial charge in [-0.1, -0.05) is 31.9 Å². The lowest BCUT2D eigenvalue weighted by Crippen LogP contribution is -2.24. The largest absolute Gasteiger partial charge is 0.491 e. The molecular formula is C20H23F6N3O2. The third kappa shape index (κ3) is 7.18. The molecule has 0 aliphatic heterocycles. The van der Waals surface area contributed by atoms with Gasteiger partial charge in [-0.3, -0.25) is 0 Å². The number of anilines is 2. The minimum atomic E-state index is -4.98. The number of alkyl halides is 6. The van der Waals surface area contributed by atoms with Crippen LogP contribution in [-0.4, -0.2) is 35.9 Å². The molecule has 0 atom stereocenters. The summed E-state index contributed by atoms with van der Waals surface area (Å²) in [6.45, 7) is 2.50. The predicted octanol–water partition coefficient (Wildman–Crippen LogP) is 6.16. The van der Waals surface area contributed by atoms with E-state index in [0.29, 0.717) is 24.2 Å². The van der Waals surface area contributed by atoms with E-state index in [1.165, 1.54) is 4.90 Å². The number of halogens is 6. The van der Waals surface area contributed by atoms with Crippen LogP contribution in [0.2, 0.25) is 0 Å². The van der Waals surface area contributed by atoms with Gasteiger partial charge < -0.3 is 14.4 Å². The van der Waals surface area contributed by atoms with E-state index in [1.807, 2.05) is 6.92 Å². The summed E-state index contributed by atoms with van der Waals surface area (Å²) in [4.78, 5) is 8.82. The van der Waals surface area contributed by atoms with Crippen LogP contribution in [0.4, 0.5) is 38.0 Å². The molecule has 31 heavy (non-hydrogen) atoms. The highest BCUT2D eigenvalue weighted by molar-refractivity contribution is 5.65. The van der Waals surface area contributed by atoms with E-state index in [2.05, 4.69) is 14.7 Å². The molecule has 1 aromatic carbocycles. The van der Waals surface area contributed by atoms with Crippen LogP contribution in [0.3, 0.4) is 0 Å². The number of aromatic nitrogens is 2. The molecule has 2 aromatic rings. The van der Waals surface area contributed by atoms with Crippen molar-refractivity contribution in [1.29, 1.82) is 0 Å². The fraction of sp³-hybridized carbons (Fsp3) is 0.500. The first-order valence-electron chi connectivity index (χ1n) is 9.70. The lowest BCUT2D eigenvalue weighted by molar-refractivity contribution is -0.159. The topological polar surface area (TPSA) is 47.5 Å². The van der Waals surface area contributed by atoms with Crippen LogP contribution in [-0.2, 0) is 6.18 Å². The molecule has 0 aliphatic rings. The van der Waals surface area contributed by atoms with E-state index in [0.717, 1.165) is 19.3 Å². The number of rotatable bonds is 10. The van der Waals surface area contributed by atoms with Gasteiger partial charge in [0.25, 0.3) is 0 Å². The van der Waals surface area contributed by atoms with Crippen molar-refractivity contribution >= 4 is 11.6 Å². The monoisotopic (exact) mass is 451 g/mol. The van der Waals surface area contributed by atoms with Gasteiger partial charge in [-0.25, -0.2) is 4.98 Å². The van der Waals surface area contributed by atoms with Crippen molar-refractivity contribution in [2.45, 2.75) is 45.5 Å². The van der Waals surface area contributed by atoms with Gasteiger partial charge in [0.2, 0.25) is 11.8 Å². The summed E-state index contributed by atoms with van der Waals surface area (Å²) in [6, 6.07) is 6.78. The Morgan fingerprint density at radius 1 is 0.968 bits per heavy atom. The zero-order valence-electron chi connectivity index (χ0n) is 17.1. The van der Waals surface area contributed by atoms with E-state index in [1.54, 1.807) is 31.2 Å². The summed E-state index contributed by atoms with van der Waals surface area (Å²) < 4.78 is 87.3. The highest BCUT2D eigenvalue weighted by Crippen LogP contribution is 2.38.